The monoisotopic (exact) mass is 157 g/mol. The molecule has 60 valence electrons. The Bertz CT molecular complexity index is 128. The van der Waals surface area contributed by atoms with E-state index in [-0.39, 0.29) is 0 Å². The van der Waals surface area contributed by atoms with Crippen LogP contribution in [0.3, 0.4) is 0 Å². The van der Waals surface area contributed by atoms with Crippen molar-refractivity contribution in [1.82, 2.24) is 5.32 Å². The number of carbonyl (C=O) groups is 1. The highest BCUT2D eigenvalue weighted by Gasteiger charge is 2.39. The molecule has 0 radical (unpaired) electrons. The van der Waals surface area contributed by atoms with Crippen molar-refractivity contribution in [2.75, 3.05) is 13.9 Å². The number of nitrogens with one attached hydrogen (secondary N) is 1. The van der Waals surface area contributed by atoms with Gasteiger partial charge in [0.15, 0.2) is 6.86 Å². The van der Waals surface area contributed by atoms with E-state index in [1.165, 1.54) is 0 Å². The summed E-state index contributed by atoms with van der Waals surface area (Å²) in [5.41, 5.74) is 0. The number of likely N-dealkylation sites (N-methyl/N-ethyl adjacent to an activating group) is 1. The molecule has 0 aromatic heterocycles. The van der Waals surface area contributed by atoms with Gasteiger partial charge < -0.3 is 5.32 Å². The van der Waals surface area contributed by atoms with Gasteiger partial charge in [-0.1, -0.05) is 0 Å². The van der Waals surface area contributed by atoms with E-state index in [0.717, 1.165) is 7.05 Å². The second-order valence-electron chi connectivity index (χ2n) is 1.35. The number of hydrogen-bond acceptors (Lipinski definition) is 2. The van der Waals surface area contributed by atoms with E-state index in [0.29, 0.717) is 0 Å². The number of amides is 1. The Kier molecular flexibility index (Phi) is 3.14. The third-order valence-corrected chi connectivity index (χ3v) is 0.727. The van der Waals surface area contributed by atoms with Crippen LogP contribution < -0.4 is 5.32 Å². The van der Waals surface area contributed by atoms with Gasteiger partial charge >= 0.3 is 12.0 Å². The molecule has 0 saturated carbocycles. The van der Waals surface area contributed by atoms with Crippen LogP contribution in [0.2, 0.25) is 0 Å². The van der Waals surface area contributed by atoms with Gasteiger partial charge in [-0.25, -0.2) is 4.39 Å². The van der Waals surface area contributed by atoms with E-state index in [9.17, 15) is 18.0 Å². The van der Waals surface area contributed by atoms with Crippen LogP contribution in [0.1, 0.15) is 0 Å². The maximum atomic E-state index is 11.9. The largest absolute Gasteiger partial charge is 0.438 e. The standard InChI is InChI=1S/C4H6F3NO2/c1-8-3(9)4(6,7)10-2-5/h2H2,1H3,(H,8,9). The van der Waals surface area contributed by atoms with Gasteiger partial charge in [-0.05, 0) is 0 Å². The van der Waals surface area contributed by atoms with Crippen LogP contribution in [0.5, 0.6) is 0 Å². The van der Waals surface area contributed by atoms with Crippen molar-refractivity contribution in [3.8, 4) is 0 Å². The number of hydrogen-bond donors (Lipinski definition) is 1. The van der Waals surface area contributed by atoms with E-state index >= 15 is 0 Å². The summed E-state index contributed by atoms with van der Waals surface area (Å²) in [7, 11) is 0.998. The highest BCUT2D eigenvalue weighted by molar-refractivity contribution is 5.81. The average Bonchev–Trinajstić information content (AvgIpc) is 1.86. The first kappa shape index (κ1) is 9.22. The first-order valence-corrected chi connectivity index (χ1v) is 2.34. The normalized spacial score (nSPS) is 11.2. The van der Waals surface area contributed by atoms with E-state index < -0.39 is 18.9 Å². The van der Waals surface area contributed by atoms with Gasteiger partial charge in [0.2, 0.25) is 0 Å². The van der Waals surface area contributed by atoms with Crippen LogP contribution >= 0.6 is 0 Å². The molecule has 0 aliphatic carbocycles. The van der Waals surface area contributed by atoms with Gasteiger partial charge in [0, 0.05) is 7.05 Å². The van der Waals surface area contributed by atoms with E-state index in [1.54, 1.807) is 5.32 Å². The van der Waals surface area contributed by atoms with Crippen LogP contribution in [0, 0.1) is 0 Å². The zero-order chi connectivity index (χ0) is 8.20. The lowest BCUT2D eigenvalue weighted by Gasteiger charge is -2.11. The Morgan fingerprint density at radius 1 is 1.70 bits per heavy atom. The zero-order valence-corrected chi connectivity index (χ0v) is 5.16. The summed E-state index contributed by atoms with van der Waals surface area (Å²) >= 11 is 0. The fraction of sp³-hybridized carbons (Fsp3) is 0.750. The number of alkyl halides is 3. The van der Waals surface area contributed by atoms with Gasteiger partial charge in [0.1, 0.15) is 0 Å². The second-order valence-corrected chi connectivity index (χ2v) is 1.35. The van der Waals surface area contributed by atoms with E-state index in [4.69, 9.17) is 0 Å². The van der Waals surface area contributed by atoms with E-state index in [1.807, 2.05) is 0 Å². The maximum Gasteiger partial charge on any atom is 0.438 e. The minimum absolute atomic E-state index is 0.998. The molecule has 0 heterocycles. The molecule has 0 aromatic carbocycles. The molecule has 6 heteroatoms. The lowest BCUT2D eigenvalue weighted by Crippen LogP contribution is -2.40. The number of ether oxygens (including phenoxy) is 1. The number of halogens is 3. The molecule has 10 heavy (non-hydrogen) atoms. The predicted molar refractivity (Wildman–Crippen MR) is 26.1 cm³/mol. The van der Waals surface area contributed by atoms with Gasteiger partial charge in [0.05, 0.1) is 0 Å². The van der Waals surface area contributed by atoms with Crippen molar-refractivity contribution >= 4 is 5.91 Å². The molecule has 0 saturated heterocycles. The minimum atomic E-state index is -4.07. The second kappa shape index (κ2) is 3.40. The molecule has 0 aliphatic heterocycles. The van der Waals surface area contributed by atoms with Gasteiger partial charge in [-0.15, -0.1) is 0 Å². The van der Waals surface area contributed by atoms with Crippen molar-refractivity contribution in [3.63, 3.8) is 0 Å². The molecule has 0 aliphatic rings. The first-order valence-electron chi connectivity index (χ1n) is 2.34. The summed E-state index contributed by atoms with van der Waals surface area (Å²) in [6, 6.07) is 0. The Hall–Kier alpha value is -0.780. The molecule has 0 spiro atoms. The average molecular weight is 157 g/mol. The fourth-order valence-corrected chi connectivity index (χ4v) is 0.280. The van der Waals surface area contributed by atoms with Crippen molar-refractivity contribution in [2.24, 2.45) is 0 Å². The van der Waals surface area contributed by atoms with Crippen LogP contribution in [-0.2, 0) is 9.53 Å². The Morgan fingerprint density at radius 3 is 2.50 bits per heavy atom. The van der Waals surface area contributed by atoms with Crippen LogP contribution in [0.15, 0.2) is 0 Å². The van der Waals surface area contributed by atoms with Crippen molar-refractivity contribution < 1.29 is 22.7 Å². The summed E-state index contributed by atoms with van der Waals surface area (Å²) in [5.74, 6) is -1.66. The molecule has 0 unspecified atom stereocenters. The van der Waals surface area contributed by atoms with Gasteiger partial charge in [-0.3, -0.25) is 9.53 Å². The van der Waals surface area contributed by atoms with Crippen LogP contribution in [-0.4, -0.2) is 25.9 Å². The molecule has 3 nitrogen and oxygen atoms in total. The van der Waals surface area contributed by atoms with Gasteiger partial charge in [-0.2, -0.15) is 8.78 Å². The van der Waals surface area contributed by atoms with Crippen molar-refractivity contribution in [2.45, 2.75) is 6.11 Å². The Balaban J connectivity index is 3.96. The highest BCUT2D eigenvalue weighted by Crippen LogP contribution is 2.14. The quantitative estimate of drug-likeness (QED) is 0.638. The molecule has 0 atom stereocenters. The minimum Gasteiger partial charge on any atom is -0.352 e. The zero-order valence-electron chi connectivity index (χ0n) is 5.16. The maximum absolute atomic E-state index is 11.9. The van der Waals surface area contributed by atoms with Crippen molar-refractivity contribution in [3.05, 3.63) is 0 Å². The summed E-state index contributed by atoms with van der Waals surface area (Å²) in [4.78, 5) is 10.1. The molecule has 1 amide bonds. The molecule has 0 bridgehead atoms. The smallest absolute Gasteiger partial charge is 0.352 e. The van der Waals surface area contributed by atoms with Crippen molar-refractivity contribution in [1.29, 1.82) is 0 Å². The highest BCUT2D eigenvalue weighted by atomic mass is 19.3. The molecule has 0 aromatic rings. The molecular formula is C4H6F3NO2. The summed E-state index contributed by atoms with van der Waals surface area (Å²) < 4.78 is 38.2. The summed E-state index contributed by atoms with van der Waals surface area (Å²) in [6.45, 7) is -1.69. The lowest BCUT2D eigenvalue weighted by molar-refractivity contribution is -0.243. The fourth-order valence-electron chi connectivity index (χ4n) is 0.280. The molecular weight excluding hydrogens is 151 g/mol. The van der Waals surface area contributed by atoms with Gasteiger partial charge in [0.25, 0.3) is 0 Å². The molecule has 0 rings (SSSR count). The third-order valence-electron chi connectivity index (χ3n) is 0.727. The topological polar surface area (TPSA) is 38.3 Å². The first-order chi connectivity index (χ1) is 4.54. The van der Waals surface area contributed by atoms with Crippen LogP contribution in [0.4, 0.5) is 13.2 Å². The van der Waals surface area contributed by atoms with E-state index in [2.05, 4.69) is 4.74 Å². The Morgan fingerprint density at radius 2 is 2.20 bits per heavy atom. The summed E-state index contributed by atoms with van der Waals surface area (Å²) in [6.07, 6.45) is -4.07. The van der Waals surface area contributed by atoms with Crippen LogP contribution in [0.25, 0.3) is 0 Å². The number of carbonyl (C=O) groups excluding carboxylic acids is 1. The molecule has 0 fully saturated rings. The summed E-state index contributed by atoms with van der Waals surface area (Å²) in [5, 5.41) is 1.61. The SMILES string of the molecule is CNC(=O)C(F)(F)OCF. The predicted octanol–water partition coefficient (Wildman–Crippen LogP) is 0.269. The Labute approximate surface area is 55.2 Å². The third kappa shape index (κ3) is 2.22. The molecule has 1 N–H and O–H groups in total. The lowest BCUT2D eigenvalue weighted by atomic mass is 10.6. The number of rotatable bonds is 3.